The van der Waals surface area contributed by atoms with Crippen molar-refractivity contribution in [3.8, 4) is 0 Å². The highest BCUT2D eigenvalue weighted by atomic mass is 35.5. The predicted molar refractivity (Wildman–Crippen MR) is 77.4 cm³/mol. The van der Waals surface area contributed by atoms with E-state index in [9.17, 15) is 9.50 Å². The van der Waals surface area contributed by atoms with Crippen LogP contribution in [0.2, 0.25) is 5.02 Å². The van der Waals surface area contributed by atoms with Crippen LogP contribution in [-0.2, 0) is 19.9 Å². The predicted octanol–water partition coefficient (Wildman–Crippen LogP) is 3.36. The zero-order valence-corrected chi connectivity index (χ0v) is 12.6. The fraction of sp³-hybridized carbons (Fsp3) is 0.400. The molecule has 5 heteroatoms. The normalized spacial score (nSPS) is 12.7. The van der Waals surface area contributed by atoms with Gasteiger partial charge < -0.3 is 5.11 Å². The average Bonchev–Trinajstić information content (AvgIpc) is 2.69. The number of hydrogen-bond donors (Lipinski definition) is 1. The Morgan fingerprint density at radius 2 is 2.15 bits per heavy atom. The molecule has 2 rings (SSSR count). The van der Waals surface area contributed by atoms with Crippen LogP contribution in [0.3, 0.4) is 0 Å². The van der Waals surface area contributed by atoms with Gasteiger partial charge in [0.25, 0.3) is 0 Å². The zero-order valence-electron chi connectivity index (χ0n) is 11.8. The van der Waals surface area contributed by atoms with Crippen LogP contribution in [0.1, 0.15) is 35.5 Å². The highest BCUT2D eigenvalue weighted by molar-refractivity contribution is 6.31. The lowest BCUT2D eigenvalue weighted by molar-refractivity contribution is 0.171. The highest BCUT2D eigenvalue weighted by Crippen LogP contribution is 2.28. The molecule has 0 spiro atoms. The van der Waals surface area contributed by atoms with E-state index in [4.69, 9.17) is 11.6 Å². The van der Waals surface area contributed by atoms with Gasteiger partial charge in [0, 0.05) is 19.0 Å². The van der Waals surface area contributed by atoms with Crippen LogP contribution in [0.5, 0.6) is 0 Å². The van der Waals surface area contributed by atoms with Crippen molar-refractivity contribution in [2.75, 3.05) is 0 Å². The monoisotopic (exact) mass is 296 g/mol. The Kier molecular flexibility index (Phi) is 4.45. The van der Waals surface area contributed by atoms with Gasteiger partial charge >= 0.3 is 0 Å². The molecule has 0 aliphatic heterocycles. The molecule has 0 amide bonds. The average molecular weight is 297 g/mol. The third-order valence-corrected chi connectivity index (χ3v) is 3.91. The molecular weight excluding hydrogens is 279 g/mol. The molecule has 1 aromatic heterocycles. The molecule has 1 heterocycles. The van der Waals surface area contributed by atoms with Crippen LogP contribution in [0.4, 0.5) is 4.39 Å². The maximum absolute atomic E-state index is 14.0. The van der Waals surface area contributed by atoms with Crippen molar-refractivity contribution >= 4 is 11.6 Å². The topological polar surface area (TPSA) is 38.0 Å². The van der Waals surface area contributed by atoms with Crippen molar-refractivity contribution < 1.29 is 9.50 Å². The molecule has 3 nitrogen and oxygen atoms in total. The van der Waals surface area contributed by atoms with E-state index in [2.05, 4.69) is 5.10 Å². The lowest BCUT2D eigenvalue weighted by atomic mass is 10.0. The molecule has 0 fully saturated rings. The third kappa shape index (κ3) is 2.72. The van der Waals surface area contributed by atoms with Crippen molar-refractivity contribution in [1.29, 1.82) is 0 Å². The van der Waals surface area contributed by atoms with Crippen LogP contribution < -0.4 is 0 Å². The largest absolute Gasteiger partial charge is 0.388 e. The van der Waals surface area contributed by atoms with E-state index in [0.717, 1.165) is 17.8 Å². The number of nitrogens with zero attached hydrogens (tertiary/aromatic N) is 2. The van der Waals surface area contributed by atoms with Gasteiger partial charge in [0.1, 0.15) is 5.82 Å². The van der Waals surface area contributed by atoms with E-state index in [1.54, 1.807) is 36.9 Å². The molecule has 0 bridgehead atoms. The number of aromatic nitrogens is 2. The van der Waals surface area contributed by atoms with Gasteiger partial charge in [0.15, 0.2) is 0 Å². The van der Waals surface area contributed by atoms with Gasteiger partial charge in [0.05, 0.1) is 22.5 Å². The summed E-state index contributed by atoms with van der Waals surface area (Å²) in [5.41, 5.74) is 2.32. The first-order valence-corrected chi connectivity index (χ1v) is 6.96. The molecule has 0 saturated heterocycles. The van der Waals surface area contributed by atoms with Gasteiger partial charge in [-0.15, -0.1) is 0 Å². The van der Waals surface area contributed by atoms with E-state index >= 15 is 0 Å². The molecule has 1 unspecified atom stereocenters. The molecule has 1 aromatic carbocycles. The van der Waals surface area contributed by atoms with Crippen LogP contribution in [0.25, 0.3) is 0 Å². The third-order valence-electron chi connectivity index (χ3n) is 3.47. The number of benzene rings is 1. The van der Waals surface area contributed by atoms with Gasteiger partial charge in [-0.25, -0.2) is 4.39 Å². The molecule has 0 radical (unpaired) electrons. The lowest BCUT2D eigenvalue weighted by Crippen LogP contribution is -2.09. The molecule has 0 aliphatic carbocycles. The molecule has 0 saturated carbocycles. The fourth-order valence-electron chi connectivity index (χ4n) is 2.26. The summed E-state index contributed by atoms with van der Waals surface area (Å²) >= 11 is 6.24. The van der Waals surface area contributed by atoms with E-state index in [-0.39, 0.29) is 12.2 Å². The van der Waals surface area contributed by atoms with Gasteiger partial charge in [-0.2, -0.15) is 5.10 Å². The number of aliphatic hydroxyl groups excluding tert-OH is 1. The van der Waals surface area contributed by atoms with Crippen molar-refractivity contribution in [1.82, 2.24) is 9.78 Å². The minimum absolute atomic E-state index is 0.239. The second-order valence-corrected chi connectivity index (χ2v) is 5.26. The van der Waals surface area contributed by atoms with Crippen molar-refractivity contribution in [2.45, 2.75) is 32.8 Å². The molecule has 108 valence electrons. The Morgan fingerprint density at radius 3 is 2.75 bits per heavy atom. The number of rotatable bonds is 4. The second-order valence-electron chi connectivity index (χ2n) is 4.88. The molecule has 20 heavy (non-hydrogen) atoms. The van der Waals surface area contributed by atoms with Crippen molar-refractivity contribution in [2.24, 2.45) is 7.05 Å². The fourth-order valence-corrected chi connectivity index (χ4v) is 2.63. The molecular formula is C15H18ClFN2O. The number of halogens is 2. The number of aryl methyl sites for hydroxylation is 3. The quantitative estimate of drug-likeness (QED) is 0.939. The number of hydrogen-bond acceptors (Lipinski definition) is 2. The Hall–Kier alpha value is -1.39. The maximum atomic E-state index is 14.0. The summed E-state index contributed by atoms with van der Waals surface area (Å²) in [6, 6.07) is 5.01. The Bertz CT molecular complexity index is 625. The minimum atomic E-state index is -0.937. The Labute approximate surface area is 123 Å². The Morgan fingerprint density at radius 1 is 1.45 bits per heavy atom. The van der Waals surface area contributed by atoms with Crippen LogP contribution >= 0.6 is 11.6 Å². The first-order chi connectivity index (χ1) is 9.45. The first-order valence-electron chi connectivity index (χ1n) is 6.59. The smallest absolute Gasteiger partial charge is 0.131 e. The summed E-state index contributed by atoms with van der Waals surface area (Å²) in [5.74, 6) is -0.367. The van der Waals surface area contributed by atoms with Crippen LogP contribution in [0.15, 0.2) is 18.2 Å². The maximum Gasteiger partial charge on any atom is 0.131 e. The minimum Gasteiger partial charge on any atom is -0.388 e. The van der Waals surface area contributed by atoms with Crippen molar-refractivity contribution in [3.05, 3.63) is 51.6 Å². The number of aliphatic hydroxyl groups is 1. The summed E-state index contributed by atoms with van der Waals surface area (Å²) < 4.78 is 15.7. The Balaban J connectivity index is 2.30. The molecule has 1 N–H and O–H groups in total. The van der Waals surface area contributed by atoms with Crippen molar-refractivity contribution in [3.63, 3.8) is 0 Å². The summed E-state index contributed by atoms with van der Waals surface area (Å²) in [5, 5.41) is 15.1. The zero-order chi connectivity index (χ0) is 14.9. The van der Waals surface area contributed by atoms with Gasteiger partial charge in [0.2, 0.25) is 0 Å². The standard InChI is InChI=1S/C15H18ClFN2O/c1-4-11-14(16)12(19(3)18-11)8-13(20)10-7-5-6-9(2)15(10)17/h5-7,13,20H,4,8H2,1-3H3. The summed E-state index contributed by atoms with van der Waals surface area (Å²) in [7, 11) is 1.78. The van der Waals surface area contributed by atoms with Crippen LogP contribution in [-0.4, -0.2) is 14.9 Å². The molecule has 0 aliphatic rings. The lowest BCUT2D eigenvalue weighted by Gasteiger charge is -2.13. The SMILES string of the molecule is CCc1nn(C)c(CC(O)c2cccc(C)c2F)c1Cl. The van der Waals surface area contributed by atoms with Gasteiger partial charge in [-0.1, -0.05) is 36.7 Å². The van der Waals surface area contributed by atoms with E-state index in [0.29, 0.717) is 16.1 Å². The van der Waals surface area contributed by atoms with E-state index < -0.39 is 6.10 Å². The molecule has 1 atom stereocenters. The summed E-state index contributed by atoms with van der Waals surface area (Å²) in [4.78, 5) is 0. The van der Waals surface area contributed by atoms with Gasteiger partial charge in [-0.05, 0) is 18.9 Å². The van der Waals surface area contributed by atoms with Gasteiger partial charge in [-0.3, -0.25) is 4.68 Å². The molecule has 2 aromatic rings. The highest BCUT2D eigenvalue weighted by Gasteiger charge is 2.20. The van der Waals surface area contributed by atoms with E-state index in [1.807, 2.05) is 6.92 Å². The summed E-state index contributed by atoms with van der Waals surface area (Å²) in [6.45, 7) is 3.65. The summed E-state index contributed by atoms with van der Waals surface area (Å²) in [6.07, 6.45) is 0.0251. The first kappa shape index (κ1) is 15.0. The van der Waals surface area contributed by atoms with Crippen LogP contribution in [0, 0.1) is 12.7 Å². The second kappa shape index (κ2) is 5.94. The van der Waals surface area contributed by atoms with E-state index in [1.165, 1.54) is 0 Å².